The topological polar surface area (TPSA) is 38.1 Å². The molecule has 1 aromatic carbocycles. The lowest BCUT2D eigenvalue weighted by Crippen LogP contribution is -2.44. The molecule has 0 radical (unpaired) electrons. The Kier molecular flexibility index (Phi) is 5.74. The lowest BCUT2D eigenvalue weighted by atomic mass is 9.77. The first kappa shape index (κ1) is 22.3. The highest BCUT2D eigenvalue weighted by Gasteiger charge is 2.36. The second-order valence-corrected chi connectivity index (χ2v) is 10.5. The van der Waals surface area contributed by atoms with Crippen molar-refractivity contribution in [1.82, 2.24) is 14.5 Å². The van der Waals surface area contributed by atoms with Crippen LogP contribution in [0.25, 0.3) is 5.69 Å². The van der Waals surface area contributed by atoms with Gasteiger partial charge in [-0.15, -0.1) is 0 Å². The molecule has 1 fully saturated rings. The van der Waals surface area contributed by atoms with E-state index < -0.39 is 0 Å². The summed E-state index contributed by atoms with van der Waals surface area (Å²) in [6.07, 6.45) is 3.63. The van der Waals surface area contributed by atoms with Crippen molar-refractivity contribution in [1.29, 1.82) is 0 Å². The van der Waals surface area contributed by atoms with Gasteiger partial charge < -0.3 is 9.47 Å². The normalized spacial score (nSPS) is 16.2. The first-order valence-electron chi connectivity index (χ1n) is 11.6. The van der Waals surface area contributed by atoms with E-state index in [2.05, 4.69) is 87.5 Å². The maximum Gasteiger partial charge on any atom is 0.255 e. The van der Waals surface area contributed by atoms with E-state index >= 15 is 0 Å². The number of likely N-dealkylation sites (tertiary alicyclic amines) is 1. The fourth-order valence-corrected chi connectivity index (χ4v) is 4.75. The van der Waals surface area contributed by atoms with E-state index in [1.807, 2.05) is 17.0 Å². The van der Waals surface area contributed by atoms with E-state index in [-0.39, 0.29) is 16.7 Å². The van der Waals surface area contributed by atoms with Crippen LogP contribution in [0.1, 0.15) is 73.5 Å². The van der Waals surface area contributed by atoms with E-state index in [4.69, 9.17) is 0 Å². The number of para-hydroxylation sites is 1. The van der Waals surface area contributed by atoms with Gasteiger partial charge in [0.05, 0.1) is 5.56 Å². The largest absolute Gasteiger partial charge is 0.339 e. The van der Waals surface area contributed by atoms with Gasteiger partial charge in [-0.1, -0.05) is 45.9 Å². The van der Waals surface area contributed by atoms with Crippen LogP contribution < -0.4 is 0 Å². The van der Waals surface area contributed by atoms with Crippen molar-refractivity contribution in [3.8, 4) is 5.69 Å². The zero-order valence-corrected chi connectivity index (χ0v) is 20.3. The summed E-state index contributed by atoms with van der Waals surface area (Å²) < 4.78 is 2.40. The number of pyridine rings is 1. The number of hydrogen-bond donors (Lipinski definition) is 0. The summed E-state index contributed by atoms with van der Waals surface area (Å²) in [5.74, 6) is 0.0884. The summed E-state index contributed by atoms with van der Waals surface area (Å²) in [5, 5.41) is 0. The zero-order valence-electron chi connectivity index (χ0n) is 20.3. The Morgan fingerprint density at radius 2 is 1.66 bits per heavy atom. The van der Waals surface area contributed by atoms with Crippen molar-refractivity contribution in [3.63, 3.8) is 0 Å². The molecule has 4 nitrogen and oxygen atoms in total. The van der Waals surface area contributed by atoms with Gasteiger partial charge >= 0.3 is 0 Å². The van der Waals surface area contributed by atoms with Crippen molar-refractivity contribution in [2.45, 2.75) is 65.2 Å². The Balaban J connectivity index is 1.53. The molecule has 3 heterocycles. The fraction of sp³-hybridized carbons (Fsp3) is 0.429. The lowest BCUT2D eigenvalue weighted by molar-refractivity contribution is 0.0672. The maximum absolute atomic E-state index is 13.1. The minimum absolute atomic E-state index is 0.0152. The number of carbonyl (C=O) groups is 1. The Hall–Kier alpha value is -2.88. The van der Waals surface area contributed by atoms with Gasteiger partial charge in [0.1, 0.15) is 0 Å². The zero-order chi connectivity index (χ0) is 23.1. The highest BCUT2D eigenvalue weighted by Crippen LogP contribution is 2.38. The highest BCUT2D eigenvalue weighted by molar-refractivity contribution is 5.94. The van der Waals surface area contributed by atoms with Crippen molar-refractivity contribution < 1.29 is 4.79 Å². The molecular weight excluding hydrogens is 394 g/mol. The quantitative estimate of drug-likeness (QED) is 0.514. The number of hydrogen-bond acceptors (Lipinski definition) is 2. The third kappa shape index (κ3) is 4.11. The number of piperidine rings is 1. The van der Waals surface area contributed by atoms with E-state index in [0.29, 0.717) is 5.56 Å². The van der Waals surface area contributed by atoms with Crippen LogP contribution in [0, 0.1) is 13.8 Å². The Bertz CT molecular complexity index is 1110. The molecule has 4 heteroatoms. The number of benzene rings is 1. The van der Waals surface area contributed by atoms with Gasteiger partial charge in [0.2, 0.25) is 0 Å². The van der Waals surface area contributed by atoms with Crippen molar-refractivity contribution in [2.24, 2.45) is 0 Å². The van der Waals surface area contributed by atoms with Crippen molar-refractivity contribution in [2.75, 3.05) is 13.1 Å². The minimum atomic E-state index is -0.0152. The molecule has 0 bridgehead atoms. The fourth-order valence-electron chi connectivity index (χ4n) is 4.75. The predicted octanol–water partition coefficient (Wildman–Crippen LogP) is 5.98. The van der Waals surface area contributed by atoms with Crippen LogP contribution >= 0.6 is 0 Å². The van der Waals surface area contributed by atoms with Gasteiger partial charge in [0.25, 0.3) is 5.91 Å². The Morgan fingerprint density at radius 1 is 0.969 bits per heavy atom. The average molecular weight is 430 g/mol. The van der Waals surface area contributed by atoms with Gasteiger partial charge in [0.15, 0.2) is 0 Å². The van der Waals surface area contributed by atoms with Gasteiger partial charge in [0, 0.05) is 52.9 Å². The molecule has 2 aromatic heterocycles. The molecule has 1 aliphatic rings. The number of carbonyl (C=O) groups excluding carboxylic acids is 1. The molecular formula is C28H35N3O. The molecule has 1 amide bonds. The van der Waals surface area contributed by atoms with Crippen molar-refractivity contribution >= 4 is 5.91 Å². The molecule has 4 rings (SSSR count). The summed E-state index contributed by atoms with van der Waals surface area (Å²) in [6, 6.07) is 17.0. The molecule has 1 saturated heterocycles. The highest BCUT2D eigenvalue weighted by atomic mass is 16.2. The molecule has 0 atom stereocenters. The standard InChI is InChI=1S/C28H35N3O/c1-20-9-7-8-10-23(20)31-21(2)11-14-25(31)28(6)15-17-30(18-16-28)26(32)22-12-13-24(29-19-22)27(3,4)5/h7-14,19H,15-18H2,1-6H3. The average Bonchev–Trinajstić information content (AvgIpc) is 3.16. The second-order valence-electron chi connectivity index (χ2n) is 10.5. The second kappa shape index (κ2) is 8.23. The van der Waals surface area contributed by atoms with Crippen LogP contribution in [-0.4, -0.2) is 33.4 Å². The first-order chi connectivity index (χ1) is 15.1. The third-order valence-corrected chi connectivity index (χ3v) is 6.98. The molecule has 0 aliphatic carbocycles. The summed E-state index contributed by atoms with van der Waals surface area (Å²) >= 11 is 0. The van der Waals surface area contributed by atoms with Crippen LogP contribution in [0.5, 0.6) is 0 Å². The van der Waals surface area contributed by atoms with Crippen LogP contribution in [-0.2, 0) is 10.8 Å². The number of aromatic nitrogens is 2. The Labute approximate surface area is 192 Å². The number of rotatable bonds is 3. The van der Waals surface area contributed by atoms with E-state index in [1.165, 1.54) is 22.6 Å². The molecule has 0 spiro atoms. The summed E-state index contributed by atoms with van der Waals surface area (Å²) in [6.45, 7) is 14.6. The van der Waals surface area contributed by atoms with E-state index in [0.717, 1.165) is 31.6 Å². The van der Waals surface area contributed by atoms with E-state index in [1.54, 1.807) is 6.20 Å². The van der Waals surface area contributed by atoms with Gasteiger partial charge in [-0.3, -0.25) is 9.78 Å². The first-order valence-corrected chi connectivity index (χ1v) is 11.6. The van der Waals surface area contributed by atoms with E-state index in [9.17, 15) is 4.79 Å². The monoisotopic (exact) mass is 429 g/mol. The van der Waals surface area contributed by atoms with Crippen molar-refractivity contribution in [3.05, 3.63) is 82.9 Å². The van der Waals surface area contributed by atoms with Gasteiger partial charge in [-0.2, -0.15) is 0 Å². The smallest absolute Gasteiger partial charge is 0.255 e. The number of aryl methyl sites for hydroxylation is 2. The van der Waals surface area contributed by atoms with Crippen LogP contribution in [0.4, 0.5) is 0 Å². The van der Waals surface area contributed by atoms with Crippen LogP contribution in [0.3, 0.4) is 0 Å². The number of amides is 1. The molecule has 168 valence electrons. The molecule has 3 aromatic rings. The molecule has 32 heavy (non-hydrogen) atoms. The summed E-state index contributed by atoms with van der Waals surface area (Å²) in [7, 11) is 0. The molecule has 0 N–H and O–H groups in total. The maximum atomic E-state index is 13.1. The van der Waals surface area contributed by atoms with Gasteiger partial charge in [-0.25, -0.2) is 0 Å². The third-order valence-electron chi connectivity index (χ3n) is 6.98. The van der Waals surface area contributed by atoms with Gasteiger partial charge in [-0.05, 0) is 62.6 Å². The summed E-state index contributed by atoms with van der Waals surface area (Å²) in [4.78, 5) is 19.7. The number of nitrogens with zero attached hydrogens (tertiary/aromatic N) is 3. The Morgan fingerprint density at radius 3 is 2.25 bits per heavy atom. The minimum Gasteiger partial charge on any atom is -0.339 e. The molecule has 1 aliphatic heterocycles. The molecule has 0 saturated carbocycles. The molecule has 0 unspecified atom stereocenters. The summed E-state index contributed by atoms with van der Waals surface area (Å²) in [5.41, 5.74) is 6.81. The lowest BCUT2D eigenvalue weighted by Gasteiger charge is -2.40. The van der Waals surface area contributed by atoms with Crippen LogP contribution in [0.2, 0.25) is 0 Å². The SMILES string of the molecule is Cc1ccccc1-n1c(C)ccc1C1(C)CCN(C(=O)c2ccc(C(C)(C)C)nc2)CC1. The predicted molar refractivity (Wildman–Crippen MR) is 131 cm³/mol. The van der Waals surface area contributed by atoms with Crippen LogP contribution in [0.15, 0.2) is 54.7 Å².